The van der Waals surface area contributed by atoms with Gasteiger partial charge in [-0.3, -0.25) is 0 Å². The van der Waals surface area contributed by atoms with Crippen molar-refractivity contribution in [2.24, 2.45) is 11.8 Å². The van der Waals surface area contributed by atoms with Gasteiger partial charge in [-0.2, -0.15) is 0 Å². The zero-order chi connectivity index (χ0) is 22.1. The minimum Gasteiger partial charge on any atom is -0.392 e. The second kappa shape index (κ2) is 13.5. The molecule has 2 unspecified atom stereocenters. The summed E-state index contributed by atoms with van der Waals surface area (Å²) >= 11 is 0. The van der Waals surface area contributed by atoms with E-state index in [1.54, 1.807) is 0 Å². The Kier molecular flexibility index (Phi) is 11.0. The number of hydrogen-bond acceptors (Lipinski definition) is 6. The summed E-state index contributed by atoms with van der Waals surface area (Å²) in [5, 5.41) is 42.2. The van der Waals surface area contributed by atoms with Crippen molar-refractivity contribution >= 4 is 0 Å². The Morgan fingerprint density at radius 2 is 1.10 bits per heavy atom. The molecule has 0 aliphatic heterocycles. The average Bonchev–Trinajstić information content (AvgIpc) is 2.74. The second-order valence-electron chi connectivity index (χ2n) is 10.7. The molecule has 3 saturated carbocycles. The Morgan fingerprint density at radius 3 is 1.81 bits per heavy atom. The molecule has 0 heterocycles. The Labute approximate surface area is 190 Å². The largest absolute Gasteiger partial charge is 0.392 e. The summed E-state index contributed by atoms with van der Waals surface area (Å²) in [6, 6.07) is 0.659. The fourth-order valence-electron chi connectivity index (χ4n) is 6.13. The molecule has 6 N–H and O–H groups in total. The van der Waals surface area contributed by atoms with Crippen LogP contribution in [0.25, 0.3) is 0 Å². The monoisotopic (exact) mass is 439 g/mol. The summed E-state index contributed by atoms with van der Waals surface area (Å²) in [6.45, 7) is 1.87. The number of nitrogens with one attached hydrogen (secondary N) is 3. The van der Waals surface area contributed by atoms with E-state index in [1.807, 2.05) is 7.05 Å². The zero-order valence-corrected chi connectivity index (χ0v) is 19.8. The Morgan fingerprint density at radius 1 is 0.548 bits per heavy atom. The van der Waals surface area contributed by atoms with Crippen LogP contribution in [-0.4, -0.2) is 71.9 Å². The van der Waals surface area contributed by atoms with Crippen LogP contribution in [0.3, 0.4) is 0 Å². The van der Waals surface area contributed by atoms with Gasteiger partial charge < -0.3 is 31.3 Å². The molecular weight excluding hydrogens is 390 g/mol. The topological polar surface area (TPSA) is 96.8 Å². The van der Waals surface area contributed by atoms with Crippen LogP contribution in [0.4, 0.5) is 0 Å². The summed E-state index contributed by atoms with van der Waals surface area (Å²) in [5.74, 6) is 1.09. The van der Waals surface area contributed by atoms with Gasteiger partial charge in [0.1, 0.15) is 0 Å². The van der Waals surface area contributed by atoms with Gasteiger partial charge in [-0.25, -0.2) is 0 Å². The van der Waals surface area contributed by atoms with E-state index in [0.717, 1.165) is 70.9 Å². The molecule has 0 aromatic heterocycles. The van der Waals surface area contributed by atoms with E-state index in [-0.39, 0.29) is 36.4 Å². The van der Waals surface area contributed by atoms with E-state index in [2.05, 4.69) is 16.0 Å². The highest BCUT2D eigenvalue weighted by Crippen LogP contribution is 2.26. The molecule has 0 aromatic rings. The van der Waals surface area contributed by atoms with Crippen molar-refractivity contribution in [1.82, 2.24) is 16.0 Å². The number of likely N-dealkylation sites (N-methyl/N-ethyl adjacent to an activating group) is 1. The number of aliphatic hydroxyl groups excluding tert-OH is 3. The summed E-state index contributed by atoms with van der Waals surface area (Å²) in [4.78, 5) is 0. The van der Waals surface area contributed by atoms with Gasteiger partial charge in [-0.15, -0.1) is 0 Å². The van der Waals surface area contributed by atoms with Gasteiger partial charge >= 0.3 is 0 Å². The molecule has 0 amide bonds. The first kappa shape index (κ1) is 25.4. The van der Waals surface area contributed by atoms with Crippen LogP contribution in [0.2, 0.25) is 0 Å². The number of aliphatic hydroxyl groups is 3. The first-order valence-corrected chi connectivity index (χ1v) is 13.2. The fourth-order valence-corrected chi connectivity index (χ4v) is 6.13. The lowest BCUT2D eigenvalue weighted by Gasteiger charge is -2.34. The maximum absolute atomic E-state index is 10.8. The minimum atomic E-state index is -0.286. The Hall–Kier alpha value is -0.240. The van der Waals surface area contributed by atoms with Gasteiger partial charge in [-0.05, 0) is 89.8 Å². The van der Waals surface area contributed by atoms with Crippen LogP contribution in [0.15, 0.2) is 0 Å². The van der Waals surface area contributed by atoms with E-state index in [1.165, 1.54) is 32.1 Å². The van der Waals surface area contributed by atoms with E-state index >= 15 is 0 Å². The highest BCUT2D eigenvalue weighted by Gasteiger charge is 2.28. The van der Waals surface area contributed by atoms with E-state index < -0.39 is 0 Å². The Bertz CT molecular complexity index is 495. The van der Waals surface area contributed by atoms with Crippen molar-refractivity contribution < 1.29 is 15.3 Å². The van der Waals surface area contributed by atoms with Crippen LogP contribution in [0, 0.1) is 11.8 Å². The van der Waals surface area contributed by atoms with Crippen LogP contribution >= 0.6 is 0 Å². The third kappa shape index (κ3) is 8.24. The van der Waals surface area contributed by atoms with Crippen molar-refractivity contribution in [3.8, 4) is 0 Å². The maximum Gasteiger partial charge on any atom is 0.0696 e. The molecule has 6 heteroatoms. The van der Waals surface area contributed by atoms with Crippen LogP contribution < -0.4 is 16.0 Å². The molecule has 0 radical (unpaired) electrons. The van der Waals surface area contributed by atoms with Gasteiger partial charge in [-0.1, -0.05) is 32.1 Å². The molecule has 6 nitrogen and oxygen atoms in total. The molecule has 8 atom stereocenters. The Balaban J connectivity index is 1.39. The lowest BCUT2D eigenvalue weighted by Crippen LogP contribution is -2.46. The highest BCUT2D eigenvalue weighted by atomic mass is 16.3. The van der Waals surface area contributed by atoms with Crippen LogP contribution in [0.1, 0.15) is 89.9 Å². The number of rotatable bonds is 7. The van der Waals surface area contributed by atoms with Gasteiger partial charge in [0.05, 0.1) is 18.3 Å². The minimum absolute atomic E-state index is 0.178. The molecular formula is C25H49N3O3. The fraction of sp³-hybridized carbons (Fsp3) is 1.00. The van der Waals surface area contributed by atoms with Gasteiger partial charge in [0.15, 0.2) is 0 Å². The lowest BCUT2D eigenvalue weighted by atomic mass is 9.85. The highest BCUT2D eigenvalue weighted by molar-refractivity contribution is 4.86. The van der Waals surface area contributed by atoms with Gasteiger partial charge in [0.2, 0.25) is 0 Å². The zero-order valence-electron chi connectivity index (χ0n) is 19.8. The van der Waals surface area contributed by atoms with Crippen molar-refractivity contribution in [2.75, 3.05) is 20.1 Å². The summed E-state index contributed by atoms with van der Waals surface area (Å²) in [6.07, 6.45) is 14.4. The summed E-state index contributed by atoms with van der Waals surface area (Å²) in [5.41, 5.74) is 0. The quantitative estimate of drug-likeness (QED) is 0.364. The van der Waals surface area contributed by atoms with Crippen molar-refractivity contribution in [3.05, 3.63) is 0 Å². The van der Waals surface area contributed by atoms with Gasteiger partial charge in [0, 0.05) is 18.1 Å². The van der Waals surface area contributed by atoms with Crippen LogP contribution in [-0.2, 0) is 0 Å². The molecule has 3 aliphatic rings. The average molecular weight is 440 g/mol. The predicted molar refractivity (Wildman–Crippen MR) is 126 cm³/mol. The smallest absolute Gasteiger partial charge is 0.0696 e. The van der Waals surface area contributed by atoms with Crippen molar-refractivity contribution in [3.63, 3.8) is 0 Å². The molecule has 31 heavy (non-hydrogen) atoms. The van der Waals surface area contributed by atoms with E-state index in [0.29, 0.717) is 11.8 Å². The molecule has 3 aliphatic carbocycles. The van der Waals surface area contributed by atoms with E-state index in [4.69, 9.17) is 0 Å². The second-order valence-corrected chi connectivity index (χ2v) is 10.7. The maximum atomic E-state index is 10.8. The lowest BCUT2D eigenvalue weighted by molar-refractivity contribution is 0.0714. The van der Waals surface area contributed by atoms with Crippen molar-refractivity contribution in [1.29, 1.82) is 0 Å². The van der Waals surface area contributed by atoms with Crippen LogP contribution in [0.5, 0.6) is 0 Å². The third-order valence-electron chi connectivity index (χ3n) is 8.32. The SMILES string of the molecule is CN[C@@H]1CCCCC(CN[C@H]2CCCC(CN[C@H]3CCCC[C@@H]3O)CC[C@@H]2O)C[C@H]1O. The van der Waals surface area contributed by atoms with E-state index in [9.17, 15) is 15.3 Å². The van der Waals surface area contributed by atoms with Gasteiger partial charge in [0.25, 0.3) is 0 Å². The van der Waals surface area contributed by atoms with Crippen molar-refractivity contribution in [2.45, 2.75) is 126 Å². The molecule has 3 fully saturated rings. The molecule has 0 aromatic carbocycles. The molecule has 182 valence electrons. The predicted octanol–water partition coefficient (Wildman–Crippen LogP) is 2.31. The first-order chi connectivity index (χ1) is 15.1. The molecule has 3 rings (SSSR count). The normalized spacial score (nSPS) is 41.0. The standard InChI is InChI=1S/C25H49N3O3/c1-26-20-9-3-2-7-19(15-25(20)31)17-28-22-11-6-8-18(13-14-24(22)30)16-27-21-10-4-5-12-23(21)29/h18-31H,2-17H2,1H3/t18?,19?,20-,21+,22+,23+,24+,25-/m1/s1. The molecule has 0 spiro atoms. The summed E-state index contributed by atoms with van der Waals surface area (Å²) in [7, 11) is 1.95. The third-order valence-corrected chi connectivity index (χ3v) is 8.32. The number of hydrogen-bond donors (Lipinski definition) is 6. The first-order valence-electron chi connectivity index (χ1n) is 13.2. The molecule has 0 bridgehead atoms. The molecule has 0 saturated heterocycles. The summed E-state index contributed by atoms with van der Waals surface area (Å²) < 4.78 is 0.